The molecule has 0 atom stereocenters. The van der Waals surface area contributed by atoms with E-state index in [0.29, 0.717) is 31.4 Å². The molecule has 1 aromatic heterocycles. The third-order valence-electron chi connectivity index (χ3n) is 3.59. The molecular weight excluding hydrogens is 274 g/mol. The Morgan fingerprint density at radius 2 is 2.05 bits per heavy atom. The third-order valence-corrected chi connectivity index (χ3v) is 3.59. The van der Waals surface area contributed by atoms with Gasteiger partial charge >= 0.3 is 5.69 Å². The lowest BCUT2D eigenvalue weighted by molar-refractivity contribution is -0.385. The SMILES string of the molecule is CCNc1nc(C)c([N+](=O)[O-])c(NC2(C)CCOCC2)n1. The third kappa shape index (κ3) is 3.57. The molecule has 0 aliphatic carbocycles. The number of aromatic nitrogens is 2. The highest BCUT2D eigenvalue weighted by molar-refractivity contribution is 5.61. The fourth-order valence-electron chi connectivity index (χ4n) is 2.34. The Balaban J connectivity index is 2.36. The highest BCUT2D eigenvalue weighted by atomic mass is 16.6. The van der Waals surface area contributed by atoms with Gasteiger partial charge in [-0.25, -0.2) is 4.98 Å². The van der Waals surface area contributed by atoms with Crippen LogP contribution in [0.25, 0.3) is 0 Å². The molecule has 0 spiro atoms. The molecule has 2 heterocycles. The maximum atomic E-state index is 11.3. The summed E-state index contributed by atoms with van der Waals surface area (Å²) in [5.74, 6) is 0.673. The number of hydrogen-bond donors (Lipinski definition) is 2. The molecule has 0 aromatic carbocycles. The molecule has 116 valence electrons. The zero-order valence-corrected chi connectivity index (χ0v) is 12.6. The first-order valence-electron chi connectivity index (χ1n) is 7.08. The maximum Gasteiger partial charge on any atom is 0.332 e. The van der Waals surface area contributed by atoms with E-state index < -0.39 is 4.92 Å². The topological polar surface area (TPSA) is 102 Å². The van der Waals surface area contributed by atoms with E-state index in [1.165, 1.54) is 0 Å². The van der Waals surface area contributed by atoms with Crippen LogP contribution in [0, 0.1) is 17.0 Å². The van der Waals surface area contributed by atoms with Crippen molar-refractivity contribution in [1.82, 2.24) is 9.97 Å². The molecule has 0 bridgehead atoms. The van der Waals surface area contributed by atoms with Crippen molar-refractivity contribution in [1.29, 1.82) is 0 Å². The highest BCUT2D eigenvalue weighted by Crippen LogP contribution is 2.32. The van der Waals surface area contributed by atoms with Crippen LogP contribution in [0.3, 0.4) is 0 Å². The monoisotopic (exact) mass is 295 g/mol. The standard InChI is InChI=1S/C13H21N5O3/c1-4-14-12-15-9(2)10(18(19)20)11(16-12)17-13(3)5-7-21-8-6-13/h4-8H2,1-3H3,(H2,14,15,16,17). The van der Waals surface area contributed by atoms with Gasteiger partial charge < -0.3 is 15.4 Å². The summed E-state index contributed by atoms with van der Waals surface area (Å²) in [5, 5.41) is 17.5. The van der Waals surface area contributed by atoms with E-state index in [2.05, 4.69) is 20.6 Å². The summed E-state index contributed by atoms with van der Waals surface area (Å²) in [7, 11) is 0. The average molecular weight is 295 g/mol. The van der Waals surface area contributed by atoms with Gasteiger partial charge in [0.05, 0.1) is 4.92 Å². The van der Waals surface area contributed by atoms with Crippen LogP contribution in [-0.2, 0) is 4.74 Å². The Bertz CT molecular complexity index is 529. The first kappa shape index (κ1) is 15.4. The van der Waals surface area contributed by atoms with E-state index in [4.69, 9.17) is 4.74 Å². The molecule has 8 heteroatoms. The lowest BCUT2D eigenvalue weighted by Gasteiger charge is -2.34. The average Bonchev–Trinajstić information content (AvgIpc) is 2.38. The van der Waals surface area contributed by atoms with E-state index in [0.717, 1.165) is 12.8 Å². The van der Waals surface area contributed by atoms with Crippen LogP contribution >= 0.6 is 0 Å². The maximum absolute atomic E-state index is 11.3. The fourth-order valence-corrected chi connectivity index (χ4v) is 2.34. The smallest absolute Gasteiger partial charge is 0.332 e. The van der Waals surface area contributed by atoms with Crippen molar-refractivity contribution in [3.05, 3.63) is 15.8 Å². The van der Waals surface area contributed by atoms with Crippen LogP contribution in [0.2, 0.25) is 0 Å². The van der Waals surface area contributed by atoms with Gasteiger partial charge in [0.2, 0.25) is 11.8 Å². The van der Waals surface area contributed by atoms with E-state index >= 15 is 0 Å². The van der Waals surface area contributed by atoms with Crippen molar-refractivity contribution in [3.8, 4) is 0 Å². The minimum absolute atomic E-state index is 0.0654. The summed E-state index contributed by atoms with van der Waals surface area (Å²) < 4.78 is 5.35. The Labute approximate surface area is 123 Å². The lowest BCUT2D eigenvalue weighted by atomic mass is 9.92. The molecule has 8 nitrogen and oxygen atoms in total. The van der Waals surface area contributed by atoms with Gasteiger partial charge in [-0.15, -0.1) is 0 Å². The number of ether oxygens (including phenoxy) is 1. The van der Waals surface area contributed by atoms with Crippen molar-refractivity contribution >= 4 is 17.5 Å². The molecule has 1 aromatic rings. The van der Waals surface area contributed by atoms with Gasteiger partial charge in [0, 0.05) is 25.3 Å². The van der Waals surface area contributed by atoms with Gasteiger partial charge in [-0.3, -0.25) is 10.1 Å². The summed E-state index contributed by atoms with van der Waals surface area (Å²) in [5.41, 5.74) is 0.0290. The van der Waals surface area contributed by atoms with Crippen LogP contribution in [0.4, 0.5) is 17.5 Å². The quantitative estimate of drug-likeness (QED) is 0.633. The molecule has 2 rings (SSSR count). The molecule has 1 saturated heterocycles. The van der Waals surface area contributed by atoms with Crippen molar-refractivity contribution < 1.29 is 9.66 Å². The molecule has 0 unspecified atom stereocenters. The second kappa shape index (κ2) is 6.21. The first-order valence-corrected chi connectivity index (χ1v) is 7.08. The number of nitrogens with zero attached hydrogens (tertiary/aromatic N) is 3. The van der Waals surface area contributed by atoms with Crippen LogP contribution in [0.15, 0.2) is 0 Å². The normalized spacial score (nSPS) is 17.3. The van der Waals surface area contributed by atoms with Gasteiger partial charge in [0.25, 0.3) is 0 Å². The number of aryl methyl sites for hydroxylation is 1. The molecule has 1 aliphatic heterocycles. The summed E-state index contributed by atoms with van der Waals surface area (Å²) in [4.78, 5) is 19.3. The van der Waals surface area contributed by atoms with Crippen LogP contribution < -0.4 is 10.6 Å². The van der Waals surface area contributed by atoms with Gasteiger partial charge in [-0.2, -0.15) is 4.98 Å². The van der Waals surface area contributed by atoms with Gasteiger partial charge in [-0.05, 0) is 33.6 Å². The number of anilines is 2. The summed E-state index contributed by atoms with van der Waals surface area (Å²) >= 11 is 0. The van der Waals surface area contributed by atoms with Gasteiger partial charge in [-0.1, -0.05) is 0 Å². The van der Waals surface area contributed by atoms with Crippen LogP contribution in [0.1, 0.15) is 32.4 Å². The van der Waals surface area contributed by atoms with Crippen molar-refractivity contribution in [2.45, 2.75) is 39.2 Å². The molecule has 1 fully saturated rings. The van der Waals surface area contributed by atoms with Crippen molar-refractivity contribution in [2.24, 2.45) is 0 Å². The minimum Gasteiger partial charge on any atom is -0.381 e. The number of nitro groups is 1. The zero-order valence-electron chi connectivity index (χ0n) is 12.6. The van der Waals surface area contributed by atoms with E-state index in [9.17, 15) is 10.1 Å². The van der Waals surface area contributed by atoms with Crippen molar-refractivity contribution in [2.75, 3.05) is 30.4 Å². The Hall–Kier alpha value is -1.96. The van der Waals surface area contributed by atoms with Gasteiger partial charge in [0.15, 0.2) is 0 Å². The van der Waals surface area contributed by atoms with E-state index in [1.807, 2.05) is 13.8 Å². The Morgan fingerprint density at radius 3 is 2.62 bits per heavy atom. The Morgan fingerprint density at radius 1 is 1.38 bits per heavy atom. The van der Waals surface area contributed by atoms with E-state index in [1.54, 1.807) is 6.92 Å². The molecule has 0 saturated carbocycles. The fraction of sp³-hybridized carbons (Fsp3) is 0.692. The molecule has 0 amide bonds. The largest absolute Gasteiger partial charge is 0.381 e. The molecule has 21 heavy (non-hydrogen) atoms. The predicted octanol–water partition coefficient (Wildman–Crippen LogP) is 2.11. The van der Waals surface area contributed by atoms with Crippen molar-refractivity contribution in [3.63, 3.8) is 0 Å². The molecule has 2 N–H and O–H groups in total. The van der Waals surface area contributed by atoms with E-state index in [-0.39, 0.29) is 17.0 Å². The molecular formula is C13H21N5O3. The van der Waals surface area contributed by atoms with Crippen LogP contribution in [-0.4, -0.2) is 40.2 Å². The van der Waals surface area contributed by atoms with Gasteiger partial charge in [0.1, 0.15) is 5.69 Å². The minimum atomic E-state index is -0.434. The summed E-state index contributed by atoms with van der Waals surface area (Å²) in [6.45, 7) is 7.51. The molecule has 0 radical (unpaired) electrons. The second-order valence-corrected chi connectivity index (χ2v) is 5.42. The number of nitrogens with one attached hydrogen (secondary N) is 2. The molecule has 1 aliphatic rings. The first-order chi connectivity index (χ1) is 9.95. The summed E-state index contributed by atoms with van der Waals surface area (Å²) in [6, 6.07) is 0. The number of rotatable bonds is 5. The highest BCUT2D eigenvalue weighted by Gasteiger charge is 2.32. The lowest BCUT2D eigenvalue weighted by Crippen LogP contribution is -2.41. The van der Waals surface area contributed by atoms with Crippen LogP contribution in [0.5, 0.6) is 0 Å². The predicted molar refractivity (Wildman–Crippen MR) is 79.7 cm³/mol. The second-order valence-electron chi connectivity index (χ2n) is 5.42. The summed E-state index contributed by atoms with van der Waals surface area (Å²) in [6.07, 6.45) is 1.56. The Kier molecular flexibility index (Phi) is 4.56. The number of hydrogen-bond acceptors (Lipinski definition) is 7. The zero-order chi connectivity index (χ0) is 15.5.